The standard InChI is InChI=1S/C13H20FN/c1-4-13(5-2)15-10(3)11-7-6-8-12(14)9-11/h6-10,13,15H,4-5H2,1-3H3. The SMILES string of the molecule is CCC(CC)NC(C)c1cccc(F)c1. The molecule has 0 amide bonds. The van der Waals surface area contributed by atoms with Crippen molar-refractivity contribution in [3.05, 3.63) is 35.6 Å². The number of hydrogen-bond acceptors (Lipinski definition) is 1. The molecule has 0 fully saturated rings. The third kappa shape index (κ3) is 3.63. The minimum atomic E-state index is -0.161. The molecule has 0 radical (unpaired) electrons. The third-order valence-electron chi connectivity index (χ3n) is 2.82. The predicted molar refractivity (Wildman–Crippen MR) is 62.3 cm³/mol. The summed E-state index contributed by atoms with van der Waals surface area (Å²) in [5.74, 6) is -0.161. The van der Waals surface area contributed by atoms with Crippen LogP contribution in [0.15, 0.2) is 24.3 Å². The fourth-order valence-corrected chi connectivity index (χ4v) is 1.75. The monoisotopic (exact) mass is 209 g/mol. The largest absolute Gasteiger partial charge is 0.307 e. The van der Waals surface area contributed by atoms with Gasteiger partial charge in [0.2, 0.25) is 0 Å². The molecule has 0 aliphatic heterocycles. The van der Waals surface area contributed by atoms with Crippen molar-refractivity contribution in [1.29, 1.82) is 0 Å². The van der Waals surface area contributed by atoms with Gasteiger partial charge in [-0.1, -0.05) is 26.0 Å². The van der Waals surface area contributed by atoms with Gasteiger partial charge in [0.25, 0.3) is 0 Å². The Hall–Kier alpha value is -0.890. The molecule has 84 valence electrons. The van der Waals surface area contributed by atoms with E-state index in [9.17, 15) is 4.39 Å². The van der Waals surface area contributed by atoms with Gasteiger partial charge >= 0.3 is 0 Å². The Labute approximate surface area is 91.7 Å². The molecule has 0 saturated heterocycles. The Bertz CT molecular complexity index is 294. The van der Waals surface area contributed by atoms with Crippen molar-refractivity contribution in [3.8, 4) is 0 Å². The highest BCUT2D eigenvalue weighted by Gasteiger charge is 2.10. The van der Waals surface area contributed by atoms with Gasteiger partial charge < -0.3 is 5.32 Å². The lowest BCUT2D eigenvalue weighted by Gasteiger charge is -2.21. The molecule has 1 aromatic rings. The molecule has 0 bridgehead atoms. The van der Waals surface area contributed by atoms with Gasteiger partial charge in [0.1, 0.15) is 5.82 Å². The summed E-state index contributed by atoms with van der Waals surface area (Å²) in [6.45, 7) is 6.41. The maximum absolute atomic E-state index is 13.0. The van der Waals surface area contributed by atoms with Crippen molar-refractivity contribution in [1.82, 2.24) is 5.32 Å². The highest BCUT2D eigenvalue weighted by atomic mass is 19.1. The molecule has 0 aliphatic carbocycles. The summed E-state index contributed by atoms with van der Waals surface area (Å²) in [6.07, 6.45) is 2.21. The molecule has 0 spiro atoms. The van der Waals surface area contributed by atoms with Crippen LogP contribution in [0, 0.1) is 5.82 Å². The zero-order valence-corrected chi connectivity index (χ0v) is 9.76. The minimum absolute atomic E-state index is 0.161. The number of hydrogen-bond donors (Lipinski definition) is 1. The van der Waals surface area contributed by atoms with E-state index in [1.807, 2.05) is 6.07 Å². The van der Waals surface area contributed by atoms with E-state index in [4.69, 9.17) is 0 Å². The summed E-state index contributed by atoms with van der Waals surface area (Å²) >= 11 is 0. The average molecular weight is 209 g/mol. The predicted octanol–water partition coefficient (Wildman–Crippen LogP) is 3.66. The molecule has 1 N–H and O–H groups in total. The molecule has 2 heteroatoms. The first-order valence-corrected chi connectivity index (χ1v) is 5.68. The first kappa shape index (κ1) is 12.2. The van der Waals surface area contributed by atoms with Crippen LogP contribution in [0.2, 0.25) is 0 Å². The lowest BCUT2D eigenvalue weighted by atomic mass is 10.1. The molecule has 0 aromatic heterocycles. The minimum Gasteiger partial charge on any atom is -0.307 e. The first-order chi connectivity index (χ1) is 7.17. The Morgan fingerprint density at radius 2 is 1.93 bits per heavy atom. The number of benzene rings is 1. The summed E-state index contributed by atoms with van der Waals surface area (Å²) in [4.78, 5) is 0. The van der Waals surface area contributed by atoms with E-state index in [0.29, 0.717) is 6.04 Å². The van der Waals surface area contributed by atoms with Gasteiger partial charge in [-0.15, -0.1) is 0 Å². The van der Waals surface area contributed by atoms with Gasteiger partial charge in [-0.25, -0.2) is 4.39 Å². The van der Waals surface area contributed by atoms with Gasteiger partial charge in [0, 0.05) is 12.1 Å². The van der Waals surface area contributed by atoms with Crippen LogP contribution in [0.4, 0.5) is 4.39 Å². The van der Waals surface area contributed by atoms with Crippen molar-refractivity contribution in [3.63, 3.8) is 0 Å². The molecule has 0 aliphatic rings. The molecule has 1 unspecified atom stereocenters. The topological polar surface area (TPSA) is 12.0 Å². The summed E-state index contributed by atoms with van der Waals surface area (Å²) in [7, 11) is 0. The summed E-state index contributed by atoms with van der Waals surface area (Å²) in [6, 6.07) is 7.53. The quantitative estimate of drug-likeness (QED) is 0.780. The number of halogens is 1. The molecule has 1 aromatic carbocycles. The van der Waals surface area contributed by atoms with Crippen LogP contribution in [0.1, 0.15) is 45.2 Å². The number of nitrogens with one attached hydrogen (secondary N) is 1. The van der Waals surface area contributed by atoms with Crippen LogP contribution >= 0.6 is 0 Å². The summed E-state index contributed by atoms with van der Waals surface area (Å²) < 4.78 is 13.0. The van der Waals surface area contributed by atoms with Gasteiger partial charge in [0.15, 0.2) is 0 Å². The van der Waals surface area contributed by atoms with E-state index in [-0.39, 0.29) is 11.9 Å². The van der Waals surface area contributed by atoms with Crippen LogP contribution in [-0.2, 0) is 0 Å². The van der Waals surface area contributed by atoms with E-state index in [0.717, 1.165) is 18.4 Å². The lowest BCUT2D eigenvalue weighted by molar-refractivity contribution is 0.431. The van der Waals surface area contributed by atoms with Crippen molar-refractivity contribution >= 4 is 0 Å². The van der Waals surface area contributed by atoms with Crippen molar-refractivity contribution in [2.75, 3.05) is 0 Å². The first-order valence-electron chi connectivity index (χ1n) is 5.68. The fraction of sp³-hybridized carbons (Fsp3) is 0.538. The Kier molecular flexibility index (Phi) is 4.76. The second kappa shape index (κ2) is 5.86. The summed E-state index contributed by atoms with van der Waals surface area (Å²) in [5.41, 5.74) is 1.02. The zero-order valence-electron chi connectivity index (χ0n) is 9.76. The molecule has 1 atom stereocenters. The van der Waals surface area contributed by atoms with Gasteiger partial charge in [0.05, 0.1) is 0 Å². The smallest absolute Gasteiger partial charge is 0.123 e. The van der Waals surface area contributed by atoms with Crippen LogP contribution in [-0.4, -0.2) is 6.04 Å². The van der Waals surface area contributed by atoms with Gasteiger partial charge in [-0.3, -0.25) is 0 Å². The molecular weight excluding hydrogens is 189 g/mol. The van der Waals surface area contributed by atoms with Crippen molar-refractivity contribution in [2.45, 2.75) is 45.7 Å². The fourth-order valence-electron chi connectivity index (χ4n) is 1.75. The van der Waals surface area contributed by atoms with Gasteiger partial charge in [-0.2, -0.15) is 0 Å². The second-order valence-corrected chi connectivity index (χ2v) is 3.96. The molecule has 15 heavy (non-hydrogen) atoms. The normalized spacial score (nSPS) is 13.1. The molecule has 1 rings (SSSR count). The van der Waals surface area contributed by atoms with Crippen LogP contribution in [0.25, 0.3) is 0 Å². The third-order valence-corrected chi connectivity index (χ3v) is 2.82. The van der Waals surface area contributed by atoms with Crippen molar-refractivity contribution < 1.29 is 4.39 Å². The highest BCUT2D eigenvalue weighted by molar-refractivity contribution is 5.19. The maximum atomic E-state index is 13.0. The van der Waals surface area contributed by atoms with Crippen LogP contribution in [0.3, 0.4) is 0 Å². The van der Waals surface area contributed by atoms with E-state index >= 15 is 0 Å². The van der Waals surface area contributed by atoms with E-state index in [1.54, 1.807) is 12.1 Å². The van der Waals surface area contributed by atoms with E-state index < -0.39 is 0 Å². The van der Waals surface area contributed by atoms with Gasteiger partial charge in [-0.05, 0) is 37.5 Å². The lowest BCUT2D eigenvalue weighted by Crippen LogP contribution is -2.30. The molecule has 0 heterocycles. The Balaban J connectivity index is 2.64. The molecule has 1 nitrogen and oxygen atoms in total. The summed E-state index contributed by atoms with van der Waals surface area (Å²) in [5, 5.41) is 3.49. The Morgan fingerprint density at radius 1 is 1.27 bits per heavy atom. The zero-order chi connectivity index (χ0) is 11.3. The second-order valence-electron chi connectivity index (χ2n) is 3.96. The van der Waals surface area contributed by atoms with Crippen molar-refractivity contribution in [2.24, 2.45) is 0 Å². The molecule has 0 saturated carbocycles. The highest BCUT2D eigenvalue weighted by Crippen LogP contribution is 2.15. The Morgan fingerprint density at radius 3 is 2.47 bits per heavy atom. The molecular formula is C13H20FN. The maximum Gasteiger partial charge on any atom is 0.123 e. The van der Waals surface area contributed by atoms with E-state index in [1.165, 1.54) is 6.07 Å². The number of rotatable bonds is 5. The van der Waals surface area contributed by atoms with E-state index in [2.05, 4.69) is 26.1 Å². The average Bonchev–Trinajstić information content (AvgIpc) is 2.25. The van der Waals surface area contributed by atoms with Crippen LogP contribution in [0.5, 0.6) is 0 Å². The van der Waals surface area contributed by atoms with Crippen LogP contribution < -0.4 is 5.32 Å².